The Balaban J connectivity index is 1.77. The number of amides is 1. The molecule has 1 aliphatic rings. The third-order valence-electron chi connectivity index (χ3n) is 4.53. The van der Waals surface area contributed by atoms with Crippen molar-refractivity contribution >= 4 is 40.9 Å². The zero-order chi connectivity index (χ0) is 18.3. The van der Waals surface area contributed by atoms with Crippen LogP contribution in [0.2, 0.25) is 0 Å². The smallest absolute Gasteiger partial charge is 0.228 e. The van der Waals surface area contributed by atoms with Gasteiger partial charge in [0.2, 0.25) is 5.91 Å². The van der Waals surface area contributed by atoms with Gasteiger partial charge in [-0.25, -0.2) is 13.9 Å². The first-order valence-corrected chi connectivity index (χ1v) is 9.06. The van der Waals surface area contributed by atoms with Crippen LogP contribution < -0.4 is 10.6 Å². The number of hydrogen-bond donors (Lipinski definition) is 2. The average molecular weight is 371 g/mol. The van der Waals surface area contributed by atoms with E-state index in [0.29, 0.717) is 11.5 Å². The lowest BCUT2D eigenvalue weighted by atomic mass is 10.0. The van der Waals surface area contributed by atoms with Gasteiger partial charge in [0.1, 0.15) is 11.6 Å². The van der Waals surface area contributed by atoms with Crippen LogP contribution in [0, 0.1) is 12.8 Å². The van der Waals surface area contributed by atoms with Crippen molar-refractivity contribution in [2.75, 3.05) is 17.7 Å². The summed E-state index contributed by atoms with van der Waals surface area (Å²) in [5, 5.41) is 6.62. The summed E-state index contributed by atoms with van der Waals surface area (Å²) >= 11 is 0.0822. The monoisotopic (exact) mass is 371 g/mol. The van der Waals surface area contributed by atoms with Crippen LogP contribution in [-0.2, 0) is 4.79 Å². The first-order valence-electron chi connectivity index (χ1n) is 8.38. The van der Waals surface area contributed by atoms with E-state index in [1.54, 1.807) is 12.3 Å². The van der Waals surface area contributed by atoms with Gasteiger partial charge in [-0.1, -0.05) is 0 Å². The van der Waals surface area contributed by atoms with Crippen molar-refractivity contribution < 1.29 is 8.68 Å². The van der Waals surface area contributed by atoms with Crippen LogP contribution in [0.4, 0.5) is 15.5 Å². The number of nitrogens with one attached hydrogen (secondary N) is 2. The molecule has 2 N–H and O–H groups in total. The zero-order valence-corrected chi connectivity index (χ0v) is 15.2. The van der Waals surface area contributed by atoms with Gasteiger partial charge in [0, 0.05) is 41.4 Å². The van der Waals surface area contributed by atoms with E-state index in [9.17, 15) is 8.68 Å². The number of carbonyl (C=O) groups excluding carboxylic acids is 1. The highest BCUT2D eigenvalue weighted by Gasteiger charge is 2.30. The number of hydrogen-bond acceptors (Lipinski definition) is 5. The maximum Gasteiger partial charge on any atom is 0.228 e. The molecular formula is C18H18FN5OS. The molecule has 3 aromatic rings. The molecule has 3 heterocycles. The number of fused-ring (bicyclic) bond motifs is 1. The lowest BCUT2D eigenvalue weighted by Crippen LogP contribution is -2.14. The van der Waals surface area contributed by atoms with Crippen LogP contribution in [0.5, 0.6) is 0 Å². The van der Waals surface area contributed by atoms with Crippen LogP contribution in [0.15, 0.2) is 30.5 Å². The molecule has 0 unspecified atom stereocenters. The predicted octanol–water partition coefficient (Wildman–Crippen LogP) is 4.18. The van der Waals surface area contributed by atoms with Crippen LogP contribution in [0.1, 0.15) is 18.5 Å². The second-order valence-corrected chi connectivity index (χ2v) is 6.88. The van der Waals surface area contributed by atoms with Crippen molar-refractivity contribution in [3.63, 3.8) is 0 Å². The number of rotatable bonds is 5. The van der Waals surface area contributed by atoms with Gasteiger partial charge < -0.3 is 10.6 Å². The molecule has 0 aliphatic heterocycles. The number of anilines is 2. The molecule has 0 saturated heterocycles. The second kappa shape index (κ2) is 6.60. The largest absolute Gasteiger partial charge is 0.373 e. The lowest BCUT2D eigenvalue weighted by Gasteiger charge is -2.07. The highest BCUT2D eigenvalue weighted by atomic mass is 32.2. The molecule has 0 atom stereocenters. The third kappa shape index (κ3) is 3.01. The maximum atomic E-state index is 13.5. The minimum absolute atomic E-state index is 0.0224. The van der Waals surface area contributed by atoms with E-state index >= 15 is 0 Å². The number of aromatic nitrogens is 3. The summed E-state index contributed by atoms with van der Waals surface area (Å²) in [4.78, 5) is 20.9. The minimum Gasteiger partial charge on any atom is -0.373 e. The van der Waals surface area contributed by atoms with Crippen LogP contribution in [0.3, 0.4) is 0 Å². The van der Waals surface area contributed by atoms with Gasteiger partial charge in [-0.2, -0.15) is 0 Å². The third-order valence-corrected chi connectivity index (χ3v) is 4.95. The normalized spacial score (nSPS) is 13.8. The molecule has 1 aliphatic carbocycles. The van der Waals surface area contributed by atoms with Crippen molar-refractivity contribution in [1.82, 2.24) is 13.9 Å². The van der Waals surface area contributed by atoms with Gasteiger partial charge in [0.25, 0.3) is 0 Å². The highest BCUT2D eigenvalue weighted by molar-refractivity contribution is 7.92. The Hall–Kier alpha value is -2.61. The second-order valence-electron chi connectivity index (χ2n) is 6.35. The van der Waals surface area contributed by atoms with E-state index in [1.807, 2.05) is 32.2 Å². The number of aryl methyl sites for hydroxylation is 1. The van der Waals surface area contributed by atoms with Crippen molar-refractivity contribution in [3.8, 4) is 11.1 Å². The number of carbonyl (C=O) groups is 1. The number of pyridine rings is 2. The Morgan fingerprint density at radius 3 is 2.62 bits per heavy atom. The minimum atomic E-state index is -0.0224. The van der Waals surface area contributed by atoms with Crippen molar-refractivity contribution in [3.05, 3.63) is 36.2 Å². The van der Waals surface area contributed by atoms with E-state index in [1.165, 1.54) is 3.97 Å². The van der Waals surface area contributed by atoms with E-state index < -0.39 is 0 Å². The molecule has 0 spiro atoms. The van der Waals surface area contributed by atoms with Crippen LogP contribution in [0.25, 0.3) is 22.2 Å². The summed E-state index contributed by atoms with van der Waals surface area (Å²) < 4.78 is 14.8. The van der Waals surface area contributed by atoms with Gasteiger partial charge in [0.05, 0.1) is 0 Å². The SMILES string of the molecule is CNc1ccc(-c2cn(SF)c3nc(NC(=O)C4CC4)ccc23)c(C)n1. The molecule has 0 radical (unpaired) electrons. The van der Waals surface area contributed by atoms with Crippen molar-refractivity contribution in [2.24, 2.45) is 5.92 Å². The van der Waals surface area contributed by atoms with Crippen molar-refractivity contribution in [1.29, 1.82) is 0 Å². The number of nitrogens with zero attached hydrogens (tertiary/aromatic N) is 3. The Morgan fingerprint density at radius 2 is 1.96 bits per heavy atom. The van der Waals surface area contributed by atoms with Gasteiger partial charge >= 0.3 is 0 Å². The summed E-state index contributed by atoms with van der Waals surface area (Å²) in [5.74, 6) is 1.28. The summed E-state index contributed by atoms with van der Waals surface area (Å²) in [7, 11) is 1.81. The van der Waals surface area contributed by atoms with Gasteiger partial charge in [-0.3, -0.25) is 4.79 Å². The molecule has 26 heavy (non-hydrogen) atoms. The fraction of sp³-hybridized carbons (Fsp3) is 0.278. The molecule has 0 aromatic carbocycles. The summed E-state index contributed by atoms with van der Waals surface area (Å²) in [6.07, 6.45) is 3.55. The molecule has 1 fully saturated rings. The average Bonchev–Trinajstić information content (AvgIpc) is 3.44. The molecule has 8 heteroatoms. The van der Waals surface area contributed by atoms with Gasteiger partial charge in [-0.15, -0.1) is 3.89 Å². The molecule has 1 saturated carbocycles. The molecule has 0 bridgehead atoms. The van der Waals surface area contributed by atoms with Crippen LogP contribution >= 0.6 is 12.3 Å². The molecule has 134 valence electrons. The first-order chi connectivity index (χ1) is 12.6. The van der Waals surface area contributed by atoms with Gasteiger partial charge in [0.15, 0.2) is 18.0 Å². The highest BCUT2D eigenvalue weighted by Crippen LogP contribution is 2.35. The molecule has 6 nitrogen and oxygen atoms in total. The summed E-state index contributed by atoms with van der Waals surface area (Å²) in [5.41, 5.74) is 3.08. The Morgan fingerprint density at radius 1 is 1.19 bits per heavy atom. The standard InChI is InChI=1S/C18H18FN5OS/c1-10-12(5-7-15(20-2)21-10)14-9-24(26-19)17-13(14)6-8-16(22-17)23-18(25)11-3-4-11/h5-9,11H,3-4H2,1-2H3,(H,20,21)(H,22,23,25). The van der Waals surface area contributed by atoms with E-state index in [4.69, 9.17) is 0 Å². The topological polar surface area (TPSA) is 71.8 Å². The Kier molecular flexibility index (Phi) is 4.28. The number of halogens is 1. The van der Waals surface area contributed by atoms with Crippen LogP contribution in [-0.4, -0.2) is 26.9 Å². The Bertz CT molecular complexity index is 999. The van der Waals surface area contributed by atoms with E-state index in [0.717, 1.165) is 40.9 Å². The quantitative estimate of drug-likeness (QED) is 0.704. The lowest BCUT2D eigenvalue weighted by molar-refractivity contribution is -0.117. The summed E-state index contributed by atoms with van der Waals surface area (Å²) in [6, 6.07) is 7.45. The van der Waals surface area contributed by atoms with Crippen molar-refractivity contribution in [2.45, 2.75) is 19.8 Å². The zero-order valence-electron chi connectivity index (χ0n) is 14.4. The fourth-order valence-electron chi connectivity index (χ4n) is 2.97. The molecule has 3 aromatic heterocycles. The first kappa shape index (κ1) is 16.8. The van der Waals surface area contributed by atoms with E-state index in [-0.39, 0.29) is 24.2 Å². The molecule has 4 rings (SSSR count). The van der Waals surface area contributed by atoms with E-state index in [2.05, 4.69) is 20.6 Å². The maximum absolute atomic E-state index is 13.5. The van der Waals surface area contributed by atoms with Gasteiger partial charge in [-0.05, 0) is 44.0 Å². The fourth-order valence-corrected chi connectivity index (χ4v) is 3.32. The predicted molar refractivity (Wildman–Crippen MR) is 103 cm³/mol. The molecular weight excluding hydrogens is 353 g/mol. The molecule has 1 amide bonds. The summed E-state index contributed by atoms with van der Waals surface area (Å²) in [6.45, 7) is 1.92. The Labute approximate surface area is 154 Å².